The topological polar surface area (TPSA) is 29.5 Å². The number of aliphatic hydroxyl groups is 1. The van der Waals surface area contributed by atoms with Gasteiger partial charge in [0.2, 0.25) is 0 Å². The van der Waals surface area contributed by atoms with Crippen LogP contribution in [0.2, 0.25) is 0 Å². The van der Waals surface area contributed by atoms with Crippen molar-refractivity contribution in [1.82, 2.24) is 0 Å². The molecule has 0 aromatic carbocycles. The summed E-state index contributed by atoms with van der Waals surface area (Å²) in [6.45, 7) is 8.56. The molecule has 0 spiro atoms. The molecule has 0 amide bonds. The molecule has 1 N–H and O–H groups in total. The third kappa shape index (κ3) is 6.63. The highest BCUT2D eigenvalue weighted by molar-refractivity contribution is 5.24. The monoisotopic (exact) mass is 248 g/mol. The van der Waals surface area contributed by atoms with Crippen molar-refractivity contribution < 1.29 is 23.0 Å². The normalized spacial score (nSPS) is 14.8. The van der Waals surface area contributed by atoms with Crippen molar-refractivity contribution in [3.63, 3.8) is 0 Å². The van der Waals surface area contributed by atoms with Crippen LogP contribution in [0.1, 0.15) is 6.92 Å². The van der Waals surface area contributed by atoms with E-state index in [1.807, 2.05) is 0 Å². The van der Waals surface area contributed by atoms with Crippen LogP contribution in [0.4, 0.5) is 13.2 Å². The van der Waals surface area contributed by atoms with Gasteiger partial charge in [0.15, 0.2) is 6.10 Å². The van der Waals surface area contributed by atoms with E-state index < -0.39 is 17.9 Å². The van der Waals surface area contributed by atoms with Gasteiger partial charge in [-0.1, -0.05) is 31.4 Å². The Labute approximate surface area is 98.4 Å². The van der Waals surface area contributed by atoms with E-state index in [0.29, 0.717) is 12.4 Å². The molecule has 0 radical (unpaired) electrons. The van der Waals surface area contributed by atoms with Crippen molar-refractivity contribution in [2.24, 2.45) is 0 Å². The third-order valence-corrected chi connectivity index (χ3v) is 1.73. The van der Waals surface area contributed by atoms with Crippen LogP contribution < -0.4 is 0 Å². The molecule has 0 aliphatic carbocycles. The van der Waals surface area contributed by atoms with Gasteiger partial charge in [-0.15, -0.1) is 0 Å². The minimum Gasteiger partial charge on any atom is -0.494 e. The molecule has 1 atom stereocenters. The number of aliphatic hydroxyl groups excluding tert-OH is 1. The maximum Gasteiger partial charge on any atom is 0.418 e. The lowest BCUT2D eigenvalue weighted by molar-refractivity contribution is -0.190. The summed E-state index contributed by atoms with van der Waals surface area (Å²) in [6, 6.07) is 0. The molecule has 96 valence electrons. The molecule has 5 heteroatoms. The van der Waals surface area contributed by atoms with Crippen LogP contribution in [0.3, 0.4) is 0 Å². The van der Waals surface area contributed by atoms with Crippen molar-refractivity contribution in [3.05, 3.63) is 48.8 Å². The molecular formula is C12H15F3O2. The summed E-state index contributed by atoms with van der Waals surface area (Å²) >= 11 is 0. The second-order valence-corrected chi connectivity index (χ2v) is 3.26. The summed E-state index contributed by atoms with van der Waals surface area (Å²) in [7, 11) is 0. The number of rotatable bonds is 6. The molecule has 0 aromatic rings. The molecule has 0 aliphatic rings. The summed E-state index contributed by atoms with van der Waals surface area (Å²) in [5.74, 6) is 0.524. The zero-order valence-corrected chi connectivity index (χ0v) is 9.50. The first-order valence-electron chi connectivity index (χ1n) is 4.81. The van der Waals surface area contributed by atoms with E-state index in [0.717, 1.165) is 6.08 Å². The van der Waals surface area contributed by atoms with E-state index in [1.165, 1.54) is 12.2 Å². The highest BCUT2D eigenvalue weighted by Crippen LogP contribution is 2.24. The van der Waals surface area contributed by atoms with Gasteiger partial charge in [0.05, 0.1) is 5.76 Å². The van der Waals surface area contributed by atoms with E-state index in [-0.39, 0.29) is 0 Å². The molecule has 0 rings (SSSR count). The Kier molecular flexibility index (Phi) is 6.35. The third-order valence-electron chi connectivity index (χ3n) is 1.73. The molecule has 0 saturated carbocycles. The molecule has 0 bridgehead atoms. The maximum absolute atomic E-state index is 12.1. The van der Waals surface area contributed by atoms with E-state index in [9.17, 15) is 13.2 Å². The summed E-state index contributed by atoms with van der Waals surface area (Å²) in [4.78, 5) is 0. The van der Waals surface area contributed by atoms with Crippen LogP contribution in [0.25, 0.3) is 0 Å². The minimum atomic E-state index is -4.69. The maximum atomic E-state index is 12.1. The van der Waals surface area contributed by atoms with Gasteiger partial charge in [-0.05, 0) is 18.6 Å². The number of ether oxygens (including phenoxy) is 1. The predicted molar refractivity (Wildman–Crippen MR) is 60.2 cm³/mol. The molecule has 0 saturated heterocycles. The van der Waals surface area contributed by atoms with Crippen molar-refractivity contribution in [1.29, 1.82) is 0 Å². The number of halogens is 3. The molecule has 0 aliphatic heterocycles. The van der Waals surface area contributed by atoms with E-state index >= 15 is 0 Å². The lowest BCUT2D eigenvalue weighted by Gasteiger charge is -2.14. The first-order valence-corrected chi connectivity index (χ1v) is 4.81. The highest BCUT2D eigenvalue weighted by atomic mass is 19.4. The fraction of sp³-hybridized carbons (Fsp3) is 0.333. The molecule has 0 aromatic heterocycles. The van der Waals surface area contributed by atoms with Gasteiger partial charge in [-0.2, -0.15) is 13.2 Å². The van der Waals surface area contributed by atoms with Gasteiger partial charge in [-0.3, -0.25) is 0 Å². The summed E-state index contributed by atoms with van der Waals surface area (Å²) in [5.41, 5.74) is -0.426. The Morgan fingerprint density at radius 3 is 2.53 bits per heavy atom. The number of hydrogen-bond donors (Lipinski definition) is 1. The fourth-order valence-electron chi connectivity index (χ4n) is 0.847. The highest BCUT2D eigenvalue weighted by Gasteiger charge is 2.39. The van der Waals surface area contributed by atoms with Crippen LogP contribution in [-0.2, 0) is 4.74 Å². The van der Waals surface area contributed by atoms with Gasteiger partial charge >= 0.3 is 6.18 Å². The first kappa shape index (κ1) is 15.5. The Bertz CT molecular complexity index is 327. The van der Waals surface area contributed by atoms with E-state index in [2.05, 4.69) is 13.2 Å². The Balaban J connectivity index is 4.34. The van der Waals surface area contributed by atoms with Crippen LogP contribution in [0.5, 0.6) is 0 Å². The SMILES string of the molecule is C=CCO/C(C)=C/C=C\C(=C)C(O)C(F)(F)F. The van der Waals surface area contributed by atoms with Crippen LogP contribution in [0, 0.1) is 0 Å². The summed E-state index contributed by atoms with van der Waals surface area (Å²) < 4.78 is 41.2. The zero-order chi connectivity index (χ0) is 13.5. The average Bonchev–Trinajstić information content (AvgIpc) is 2.23. The molecule has 1 unspecified atom stereocenters. The molecule has 0 heterocycles. The lowest BCUT2D eigenvalue weighted by atomic mass is 10.1. The fourth-order valence-corrected chi connectivity index (χ4v) is 0.847. The lowest BCUT2D eigenvalue weighted by Crippen LogP contribution is -2.29. The second-order valence-electron chi connectivity index (χ2n) is 3.26. The largest absolute Gasteiger partial charge is 0.494 e. The van der Waals surface area contributed by atoms with Crippen LogP contribution >= 0.6 is 0 Å². The van der Waals surface area contributed by atoms with Crippen molar-refractivity contribution in [2.45, 2.75) is 19.2 Å². The smallest absolute Gasteiger partial charge is 0.418 e. The molecule has 17 heavy (non-hydrogen) atoms. The van der Waals surface area contributed by atoms with Crippen LogP contribution in [-0.4, -0.2) is 24.0 Å². The quantitative estimate of drug-likeness (QED) is 0.444. The van der Waals surface area contributed by atoms with Gasteiger partial charge in [0.1, 0.15) is 6.61 Å². The van der Waals surface area contributed by atoms with Gasteiger partial charge in [0.25, 0.3) is 0 Å². The van der Waals surface area contributed by atoms with Crippen molar-refractivity contribution in [3.8, 4) is 0 Å². The Morgan fingerprint density at radius 1 is 1.47 bits per heavy atom. The summed E-state index contributed by atoms with van der Waals surface area (Å²) in [6.07, 6.45) is -1.80. The van der Waals surface area contributed by atoms with Crippen molar-refractivity contribution in [2.75, 3.05) is 6.61 Å². The first-order chi connectivity index (χ1) is 7.79. The second kappa shape index (κ2) is 6.96. The Hall–Kier alpha value is -1.49. The van der Waals surface area contributed by atoms with E-state index in [1.54, 1.807) is 13.0 Å². The van der Waals surface area contributed by atoms with Crippen molar-refractivity contribution >= 4 is 0 Å². The molecular weight excluding hydrogens is 233 g/mol. The van der Waals surface area contributed by atoms with Gasteiger partial charge in [-0.25, -0.2) is 0 Å². The predicted octanol–water partition coefficient (Wildman–Crippen LogP) is 3.13. The van der Waals surface area contributed by atoms with Crippen LogP contribution in [0.15, 0.2) is 48.8 Å². The molecule has 2 nitrogen and oxygen atoms in total. The zero-order valence-electron chi connectivity index (χ0n) is 9.50. The van der Waals surface area contributed by atoms with Gasteiger partial charge < -0.3 is 9.84 Å². The number of hydrogen-bond acceptors (Lipinski definition) is 2. The van der Waals surface area contributed by atoms with E-state index in [4.69, 9.17) is 9.84 Å². The summed E-state index contributed by atoms with van der Waals surface area (Å²) in [5, 5.41) is 8.82. The standard InChI is InChI=1S/C12H15F3O2/c1-4-8-17-10(3)7-5-6-9(2)11(16)12(13,14)15/h4-7,11,16H,1-2,8H2,3H3/b6-5-,10-7+. The number of allylic oxidation sites excluding steroid dienone is 3. The Morgan fingerprint density at radius 2 is 2.06 bits per heavy atom. The minimum absolute atomic E-state index is 0.322. The molecule has 0 fully saturated rings. The number of alkyl halides is 3. The van der Waals surface area contributed by atoms with Gasteiger partial charge in [0, 0.05) is 0 Å². The average molecular weight is 248 g/mol.